The highest BCUT2D eigenvalue weighted by atomic mass is 32.2. The standard InChI is InChI=1S/C23H22N2O3S2/c1-16(21(27)24-15-14-18-10-12-19(26)13-11-18)25-22(28)20(30-23(25)29)9-5-8-17-6-3-2-4-7-17/h2-13,16,26H,14-15H2,1H3,(H,24,27)/b8-5+,20-9-. The third-order valence-corrected chi connectivity index (χ3v) is 5.92. The summed E-state index contributed by atoms with van der Waals surface area (Å²) in [6, 6.07) is 15.9. The van der Waals surface area contributed by atoms with Gasteiger partial charge in [0.2, 0.25) is 5.91 Å². The molecule has 1 aliphatic rings. The molecule has 1 saturated heterocycles. The minimum absolute atomic E-state index is 0.206. The van der Waals surface area contributed by atoms with E-state index in [0.717, 1.165) is 11.1 Å². The lowest BCUT2D eigenvalue weighted by molar-refractivity contribution is -0.132. The third-order valence-electron chi connectivity index (χ3n) is 4.58. The zero-order chi connectivity index (χ0) is 21.5. The Balaban J connectivity index is 1.56. The zero-order valence-electron chi connectivity index (χ0n) is 16.4. The molecular weight excluding hydrogens is 416 g/mol. The van der Waals surface area contributed by atoms with Crippen molar-refractivity contribution in [3.63, 3.8) is 0 Å². The van der Waals surface area contributed by atoms with E-state index < -0.39 is 6.04 Å². The van der Waals surface area contributed by atoms with E-state index in [1.807, 2.05) is 42.5 Å². The number of hydrogen-bond acceptors (Lipinski definition) is 5. The molecule has 0 radical (unpaired) electrons. The van der Waals surface area contributed by atoms with Crippen molar-refractivity contribution in [3.05, 3.63) is 82.8 Å². The van der Waals surface area contributed by atoms with Crippen LogP contribution in [0.25, 0.3) is 6.08 Å². The minimum atomic E-state index is -0.693. The number of carbonyl (C=O) groups is 2. The van der Waals surface area contributed by atoms with Crippen LogP contribution >= 0.6 is 24.0 Å². The number of nitrogens with one attached hydrogen (secondary N) is 1. The SMILES string of the molecule is CC(C(=O)NCCc1ccc(O)cc1)N1C(=O)/C(=C/C=C/c2ccccc2)SC1=S. The van der Waals surface area contributed by atoms with Crippen molar-refractivity contribution in [1.29, 1.82) is 0 Å². The van der Waals surface area contributed by atoms with E-state index in [4.69, 9.17) is 12.2 Å². The van der Waals surface area contributed by atoms with Crippen molar-refractivity contribution in [1.82, 2.24) is 10.2 Å². The third kappa shape index (κ3) is 5.58. The van der Waals surface area contributed by atoms with Crippen molar-refractivity contribution < 1.29 is 14.7 Å². The van der Waals surface area contributed by atoms with Crippen LogP contribution in [0.1, 0.15) is 18.1 Å². The van der Waals surface area contributed by atoms with Crippen molar-refractivity contribution in [2.45, 2.75) is 19.4 Å². The highest BCUT2D eigenvalue weighted by molar-refractivity contribution is 8.26. The maximum Gasteiger partial charge on any atom is 0.266 e. The normalized spacial score (nSPS) is 16.4. The van der Waals surface area contributed by atoms with E-state index >= 15 is 0 Å². The van der Waals surface area contributed by atoms with Gasteiger partial charge in [-0.3, -0.25) is 14.5 Å². The Labute approximate surface area is 185 Å². The summed E-state index contributed by atoms with van der Waals surface area (Å²) in [4.78, 5) is 27.1. The average Bonchev–Trinajstić information content (AvgIpc) is 3.03. The first-order valence-corrected chi connectivity index (χ1v) is 10.7. The van der Waals surface area contributed by atoms with Crippen LogP contribution in [0.3, 0.4) is 0 Å². The van der Waals surface area contributed by atoms with Gasteiger partial charge in [-0.25, -0.2) is 0 Å². The monoisotopic (exact) mass is 438 g/mol. The van der Waals surface area contributed by atoms with Gasteiger partial charge in [-0.2, -0.15) is 0 Å². The molecule has 1 fully saturated rings. The summed E-state index contributed by atoms with van der Waals surface area (Å²) in [6.07, 6.45) is 6.07. The number of phenolic OH excluding ortho intramolecular Hbond substituents is 1. The number of carbonyl (C=O) groups excluding carboxylic acids is 2. The van der Waals surface area contributed by atoms with E-state index in [1.165, 1.54) is 16.7 Å². The van der Waals surface area contributed by atoms with Crippen LogP contribution in [-0.2, 0) is 16.0 Å². The summed E-state index contributed by atoms with van der Waals surface area (Å²) in [5.74, 6) is -0.313. The molecule has 7 heteroatoms. The summed E-state index contributed by atoms with van der Waals surface area (Å²) >= 11 is 6.53. The molecule has 2 aromatic carbocycles. The van der Waals surface area contributed by atoms with Gasteiger partial charge in [0.05, 0.1) is 4.91 Å². The van der Waals surface area contributed by atoms with Crippen LogP contribution in [0.2, 0.25) is 0 Å². The largest absolute Gasteiger partial charge is 0.508 e. The van der Waals surface area contributed by atoms with Gasteiger partial charge < -0.3 is 10.4 Å². The first-order chi connectivity index (χ1) is 14.5. The fourth-order valence-corrected chi connectivity index (χ4v) is 4.27. The molecule has 0 saturated carbocycles. The topological polar surface area (TPSA) is 69.6 Å². The second-order valence-corrected chi connectivity index (χ2v) is 8.40. The Kier molecular flexibility index (Phi) is 7.43. The van der Waals surface area contributed by atoms with Crippen molar-refractivity contribution in [3.8, 4) is 5.75 Å². The minimum Gasteiger partial charge on any atom is -0.508 e. The van der Waals surface area contributed by atoms with E-state index in [1.54, 1.807) is 37.3 Å². The summed E-state index contributed by atoms with van der Waals surface area (Å²) < 4.78 is 0.376. The molecular formula is C23H22N2O3S2. The van der Waals surface area contributed by atoms with E-state index in [9.17, 15) is 14.7 Å². The Hall–Kier alpha value is -2.90. The van der Waals surface area contributed by atoms with Crippen molar-refractivity contribution in [2.24, 2.45) is 0 Å². The molecule has 154 valence electrons. The predicted octanol–water partition coefficient (Wildman–Crippen LogP) is 3.90. The average molecular weight is 439 g/mol. The number of benzene rings is 2. The lowest BCUT2D eigenvalue weighted by Crippen LogP contribution is -2.47. The highest BCUT2D eigenvalue weighted by Gasteiger charge is 2.37. The van der Waals surface area contributed by atoms with E-state index in [2.05, 4.69) is 5.32 Å². The first-order valence-electron chi connectivity index (χ1n) is 9.50. The molecule has 30 heavy (non-hydrogen) atoms. The maximum atomic E-state index is 12.7. The second-order valence-electron chi connectivity index (χ2n) is 6.73. The van der Waals surface area contributed by atoms with E-state index in [-0.39, 0.29) is 17.6 Å². The molecule has 5 nitrogen and oxygen atoms in total. The molecule has 2 aromatic rings. The fourth-order valence-electron chi connectivity index (χ4n) is 2.90. The molecule has 1 atom stereocenters. The lowest BCUT2D eigenvalue weighted by atomic mass is 10.1. The molecule has 0 aliphatic carbocycles. The van der Waals surface area contributed by atoms with Gasteiger partial charge in [0, 0.05) is 6.54 Å². The van der Waals surface area contributed by atoms with Crippen molar-refractivity contribution in [2.75, 3.05) is 6.54 Å². The second kappa shape index (κ2) is 10.2. The molecule has 0 bridgehead atoms. The number of thiocarbonyl (C=S) groups is 1. The number of phenols is 1. The molecule has 1 unspecified atom stereocenters. The molecule has 0 aromatic heterocycles. The zero-order valence-corrected chi connectivity index (χ0v) is 18.1. The van der Waals surface area contributed by atoms with Gasteiger partial charge >= 0.3 is 0 Å². The predicted molar refractivity (Wildman–Crippen MR) is 125 cm³/mol. The molecule has 0 spiro atoms. The van der Waals surface area contributed by atoms with Crippen LogP contribution < -0.4 is 5.32 Å². The van der Waals surface area contributed by atoms with Crippen LogP contribution in [0.4, 0.5) is 0 Å². The van der Waals surface area contributed by atoms with Gasteiger partial charge in [0.25, 0.3) is 5.91 Å². The lowest BCUT2D eigenvalue weighted by Gasteiger charge is -2.22. The van der Waals surface area contributed by atoms with Gasteiger partial charge in [-0.15, -0.1) is 0 Å². The molecule has 1 aliphatic heterocycles. The number of thioether (sulfide) groups is 1. The number of allylic oxidation sites excluding steroid dienone is 2. The smallest absolute Gasteiger partial charge is 0.266 e. The number of aromatic hydroxyl groups is 1. The fraction of sp³-hybridized carbons (Fsp3) is 0.174. The van der Waals surface area contributed by atoms with E-state index in [0.29, 0.717) is 22.2 Å². The van der Waals surface area contributed by atoms with Gasteiger partial charge in [0.1, 0.15) is 16.1 Å². The quantitative estimate of drug-likeness (QED) is 0.507. The van der Waals surface area contributed by atoms with Crippen LogP contribution in [-0.4, -0.2) is 38.7 Å². The summed E-state index contributed by atoms with van der Waals surface area (Å²) in [5, 5.41) is 12.2. The first kappa shape index (κ1) is 21.8. The van der Waals surface area contributed by atoms with Crippen molar-refractivity contribution >= 4 is 46.2 Å². The van der Waals surface area contributed by atoms with Crippen LogP contribution in [0.5, 0.6) is 5.75 Å². The summed E-state index contributed by atoms with van der Waals surface area (Å²) in [6.45, 7) is 2.10. The Morgan fingerprint density at radius 2 is 1.90 bits per heavy atom. The van der Waals surface area contributed by atoms with Crippen LogP contribution in [0.15, 0.2) is 71.7 Å². The number of hydrogen-bond donors (Lipinski definition) is 2. The van der Waals surface area contributed by atoms with Crippen LogP contribution in [0, 0.1) is 0 Å². The molecule has 1 heterocycles. The van der Waals surface area contributed by atoms with Gasteiger partial charge in [-0.1, -0.05) is 78.6 Å². The highest BCUT2D eigenvalue weighted by Crippen LogP contribution is 2.32. The number of amides is 2. The summed E-state index contributed by atoms with van der Waals surface area (Å²) in [7, 11) is 0. The number of nitrogens with zero attached hydrogens (tertiary/aromatic N) is 1. The molecule has 2 N–H and O–H groups in total. The Morgan fingerprint density at radius 3 is 2.60 bits per heavy atom. The number of rotatable bonds is 7. The Bertz CT molecular complexity index is 985. The molecule has 2 amide bonds. The summed E-state index contributed by atoms with van der Waals surface area (Å²) in [5.41, 5.74) is 2.03. The van der Waals surface area contributed by atoms with Gasteiger partial charge in [-0.05, 0) is 42.7 Å². The Morgan fingerprint density at radius 1 is 1.20 bits per heavy atom. The molecule has 3 rings (SSSR count). The maximum absolute atomic E-state index is 12.7. The van der Waals surface area contributed by atoms with Gasteiger partial charge in [0.15, 0.2) is 0 Å².